The normalized spacial score (nSPS) is 10.4. The van der Waals surface area contributed by atoms with Crippen LogP contribution in [0.5, 0.6) is 0 Å². The fourth-order valence-corrected chi connectivity index (χ4v) is 1.81. The molecular weight excluding hydrogens is 198 g/mol. The van der Waals surface area contributed by atoms with Gasteiger partial charge >= 0.3 is 0 Å². The van der Waals surface area contributed by atoms with Gasteiger partial charge < -0.3 is 9.84 Å². The lowest BCUT2D eigenvalue weighted by Gasteiger charge is -1.96. The van der Waals surface area contributed by atoms with E-state index in [9.17, 15) is 0 Å². The van der Waals surface area contributed by atoms with Gasteiger partial charge in [0.1, 0.15) is 10.8 Å². The molecule has 1 N–H and O–H groups in total. The molecule has 0 amide bonds. The van der Waals surface area contributed by atoms with Gasteiger partial charge in [-0.1, -0.05) is 5.16 Å². The van der Waals surface area contributed by atoms with Crippen molar-refractivity contribution >= 4 is 17.2 Å². The Labute approximate surface area is 86.0 Å². The Kier molecular flexibility index (Phi) is 2.49. The number of rotatable bonds is 3. The summed E-state index contributed by atoms with van der Waals surface area (Å²) in [6.07, 6.45) is 0. The highest BCUT2D eigenvalue weighted by molar-refractivity contribution is 7.09. The van der Waals surface area contributed by atoms with E-state index in [2.05, 4.69) is 15.5 Å². The second-order valence-electron chi connectivity index (χ2n) is 3.06. The molecule has 2 heterocycles. The second kappa shape index (κ2) is 3.79. The number of hydrogen-bond acceptors (Lipinski definition) is 5. The van der Waals surface area contributed by atoms with Crippen molar-refractivity contribution in [3.05, 3.63) is 27.9 Å². The minimum absolute atomic E-state index is 0.699. The maximum absolute atomic E-state index is 4.93. The summed E-state index contributed by atoms with van der Waals surface area (Å²) in [5, 5.41) is 10.1. The van der Waals surface area contributed by atoms with Gasteiger partial charge in [-0.05, 0) is 13.8 Å². The van der Waals surface area contributed by atoms with Gasteiger partial charge in [0.2, 0.25) is 0 Å². The molecule has 0 aliphatic carbocycles. The summed E-state index contributed by atoms with van der Waals surface area (Å²) in [5.41, 5.74) is 1.06. The largest absolute Gasteiger partial charge is 0.361 e. The van der Waals surface area contributed by atoms with Crippen LogP contribution < -0.4 is 5.32 Å². The van der Waals surface area contributed by atoms with Gasteiger partial charge in [-0.3, -0.25) is 0 Å². The fraction of sp³-hybridized carbons (Fsp3) is 0.333. The minimum atomic E-state index is 0.699. The van der Waals surface area contributed by atoms with E-state index in [4.69, 9.17) is 4.52 Å². The number of anilines is 1. The van der Waals surface area contributed by atoms with E-state index in [1.54, 1.807) is 11.3 Å². The number of thiazole rings is 1. The van der Waals surface area contributed by atoms with Crippen LogP contribution in [-0.4, -0.2) is 10.1 Å². The minimum Gasteiger partial charge on any atom is -0.361 e. The fourth-order valence-electron chi connectivity index (χ4n) is 1.10. The third kappa shape index (κ3) is 2.11. The summed E-state index contributed by atoms with van der Waals surface area (Å²) in [6, 6.07) is 1.86. The lowest BCUT2D eigenvalue weighted by atomic mass is 10.5. The molecular formula is C9H11N3OS. The first-order chi connectivity index (χ1) is 6.74. The lowest BCUT2D eigenvalue weighted by molar-refractivity contribution is 0.399. The van der Waals surface area contributed by atoms with Crippen molar-refractivity contribution in [2.24, 2.45) is 0 Å². The molecule has 0 atom stereocenters. The zero-order valence-electron chi connectivity index (χ0n) is 8.07. The standard InChI is InChI=1S/C9H11N3OS/c1-6-5-14-9(11-6)4-10-8-3-7(2)13-12-8/h3,5H,4H2,1-2H3,(H,10,12). The predicted octanol–water partition coefficient (Wildman–Crippen LogP) is 2.36. The monoisotopic (exact) mass is 209 g/mol. The average molecular weight is 209 g/mol. The highest BCUT2D eigenvalue weighted by Crippen LogP contribution is 2.12. The molecule has 0 unspecified atom stereocenters. The molecule has 0 aliphatic rings. The zero-order valence-corrected chi connectivity index (χ0v) is 8.89. The van der Waals surface area contributed by atoms with Crippen LogP contribution >= 0.6 is 11.3 Å². The zero-order chi connectivity index (χ0) is 9.97. The number of hydrogen-bond donors (Lipinski definition) is 1. The van der Waals surface area contributed by atoms with Crippen molar-refractivity contribution in [3.63, 3.8) is 0 Å². The van der Waals surface area contributed by atoms with Crippen LogP contribution in [0.15, 0.2) is 16.0 Å². The van der Waals surface area contributed by atoms with Gasteiger partial charge in [0.25, 0.3) is 0 Å². The molecule has 2 rings (SSSR count). The quantitative estimate of drug-likeness (QED) is 0.843. The van der Waals surface area contributed by atoms with E-state index in [1.807, 2.05) is 25.3 Å². The second-order valence-corrected chi connectivity index (χ2v) is 4.00. The molecule has 0 saturated carbocycles. The molecule has 0 aromatic carbocycles. The summed E-state index contributed by atoms with van der Waals surface area (Å²) in [7, 11) is 0. The summed E-state index contributed by atoms with van der Waals surface area (Å²) in [5.74, 6) is 1.57. The Bertz CT molecular complexity index is 381. The SMILES string of the molecule is Cc1csc(CNc2cc(C)on2)n1. The Morgan fingerprint density at radius 3 is 2.93 bits per heavy atom. The van der Waals surface area contributed by atoms with Gasteiger partial charge in [0.05, 0.1) is 6.54 Å². The van der Waals surface area contributed by atoms with Crippen molar-refractivity contribution in [1.82, 2.24) is 10.1 Å². The van der Waals surface area contributed by atoms with Gasteiger partial charge in [0, 0.05) is 17.1 Å². The first kappa shape index (κ1) is 9.21. The number of nitrogens with zero attached hydrogens (tertiary/aromatic N) is 2. The van der Waals surface area contributed by atoms with Crippen LogP contribution in [0.4, 0.5) is 5.82 Å². The molecule has 4 nitrogen and oxygen atoms in total. The number of aromatic nitrogens is 2. The van der Waals surface area contributed by atoms with Crippen LogP contribution in [0.3, 0.4) is 0 Å². The molecule has 0 spiro atoms. The average Bonchev–Trinajstić information content (AvgIpc) is 2.72. The highest BCUT2D eigenvalue weighted by atomic mass is 32.1. The summed E-state index contributed by atoms with van der Waals surface area (Å²) < 4.78 is 4.93. The Morgan fingerprint density at radius 2 is 2.36 bits per heavy atom. The van der Waals surface area contributed by atoms with Crippen LogP contribution in [-0.2, 0) is 6.54 Å². The topological polar surface area (TPSA) is 51.0 Å². The molecule has 2 aromatic heterocycles. The van der Waals surface area contributed by atoms with Crippen LogP contribution in [0, 0.1) is 13.8 Å². The van der Waals surface area contributed by atoms with E-state index in [0.717, 1.165) is 22.3 Å². The smallest absolute Gasteiger partial charge is 0.169 e. The van der Waals surface area contributed by atoms with Crippen LogP contribution in [0.1, 0.15) is 16.5 Å². The van der Waals surface area contributed by atoms with Gasteiger partial charge in [-0.2, -0.15) is 0 Å². The number of nitrogens with one attached hydrogen (secondary N) is 1. The van der Waals surface area contributed by atoms with Crippen molar-refractivity contribution in [3.8, 4) is 0 Å². The van der Waals surface area contributed by atoms with E-state index in [-0.39, 0.29) is 0 Å². The third-order valence-corrected chi connectivity index (χ3v) is 2.68. The first-order valence-electron chi connectivity index (χ1n) is 4.32. The summed E-state index contributed by atoms with van der Waals surface area (Å²) in [4.78, 5) is 4.33. The van der Waals surface area contributed by atoms with Crippen molar-refractivity contribution in [2.45, 2.75) is 20.4 Å². The molecule has 0 aliphatic heterocycles. The van der Waals surface area contributed by atoms with Crippen LogP contribution in [0.25, 0.3) is 0 Å². The highest BCUT2D eigenvalue weighted by Gasteiger charge is 2.01. The first-order valence-corrected chi connectivity index (χ1v) is 5.20. The molecule has 14 heavy (non-hydrogen) atoms. The maximum Gasteiger partial charge on any atom is 0.169 e. The van der Waals surface area contributed by atoms with Crippen molar-refractivity contribution in [1.29, 1.82) is 0 Å². The molecule has 0 saturated heterocycles. The van der Waals surface area contributed by atoms with Gasteiger partial charge in [-0.25, -0.2) is 4.98 Å². The molecule has 0 radical (unpaired) electrons. The lowest BCUT2D eigenvalue weighted by Crippen LogP contribution is -1.98. The molecule has 74 valence electrons. The maximum atomic E-state index is 4.93. The molecule has 0 fully saturated rings. The molecule has 2 aromatic rings. The van der Waals surface area contributed by atoms with E-state index in [1.165, 1.54) is 0 Å². The number of aryl methyl sites for hydroxylation is 2. The van der Waals surface area contributed by atoms with E-state index >= 15 is 0 Å². The summed E-state index contributed by atoms with van der Waals surface area (Å²) in [6.45, 7) is 4.55. The predicted molar refractivity (Wildman–Crippen MR) is 55.4 cm³/mol. The summed E-state index contributed by atoms with van der Waals surface area (Å²) >= 11 is 1.64. The molecule has 5 heteroatoms. The molecule has 0 bridgehead atoms. The van der Waals surface area contributed by atoms with E-state index < -0.39 is 0 Å². The van der Waals surface area contributed by atoms with E-state index in [0.29, 0.717) is 6.54 Å². The Balaban J connectivity index is 1.94. The Morgan fingerprint density at radius 1 is 1.50 bits per heavy atom. The van der Waals surface area contributed by atoms with Crippen LogP contribution in [0.2, 0.25) is 0 Å². The Hall–Kier alpha value is -1.36. The third-order valence-electron chi connectivity index (χ3n) is 1.72. The van der Waals surface area contributed by atoms with Gasteiger partial charge in [0.15, 0.2) is 5.82 Å². The van der Waals surface area contributed by atoms with Crippen molar-refractivity contribution < 1.29 is 4.52 Å². The van der Waals surface area contributed by atoms with Gasteiger partial charge in [-0.15, -0.1) is 11.3 Å². The van der Waals surface area contributed by atoms with Crippen molar-refractivity contribution in [2.75, 3.05) is 5.32 Å².